The Labute approximate surface area is 217 Å². The molecule has 1 aliphatic carbocycles. The van der Waals surface area contributed by atoms with E-state index in [1.165, 1.54) is 6.92 Å². The molecule has 0 saturated heterocycles. The van der Waals surface area contributed by atoms with Gasteiger partial charge in [0, 0.05) is 17.9 Å². The molecule has 2 aromatic carbocycles. The van der Waals surface area contributed by atoms with Crippen molar-refractivity contribution in [1.29, 1.82) is 0 Å². The standard InChI is InChI=1S/C25H30O7.Na.H/c1-3-5-21-22(9-8-19(15(2)26)25(21)30)32-11-4-10-31-18-6-7-20-16(13-18)12-17(24(20)29)14-23(27)28;;/h6-9,13,17,24,29-30H,3-5,10-12,14H2,1-2H3,(H,27,28);;/q;+1;-1. The average Bonchev–Trinajstić information content (AvgIpc) is 3.04. The zero-order valence-electron chi connectivity index (χ0n) is 20.5. The third-order valence-corrected chi connectivity index (χ3v) is 5.73. The van der Waals surface area contributed by atoms with Crippen LogP contribution in [-0.4, -0.2) is 40.3 Å². The number of carboxylic acid groups (broad SMARTS) is 1. The van der Waals surface area contributed by atoms with E-state index in [1.54, 1.807) is 24.3 Å². The largest absolute Gasteiger partial charge is 1.00 e. The second-order valence-corrected chi connectivity index (χ2v) is 8.16. The first-order valence-electron chi connectivity index (χ1n) is 11.0. The smallest absolute Gasteiger partial charge is 1.00 e. The minimum atomic E-state index is -0.912. The topological polar surface area (TPSA) is 113 Å². The number of fused-ring (bicyclic) bond motifs is 1. The Kier molecular flexibility index (Phi) is 10.2. The number of ketones is 1. The molecule has 0 aliphatic heterocycles. The number of aliphatic hydroxyl groups is 1. The molecule has 33 heavy (non-hydrogen) atoms. The van der Waals surface area contributed by atoms with Gasteiger partial charge in [0.25, 0.3) is 0 Å². The maximum atomic E-state index is 11.7. The fourth-order valence-corrected chi connectivity index (χ4v) is 4.15. The van der Waals surface area contributed by atoms with Crippen LogP contribution in [0.3, 0.4) is 0 Å². The summed E-state index contributed by atoms with van der Waals surface area (Å²) < 4.78 is 11.6. The van der Waals surface area contributed by atoms with E-state index in [-0.39, 0.29) is 54.9 Å². The van der Waals surface area contributed by atoms with Crippen molar-refractivity contribution in [1.82, 2.24) is 0 Å². The SMILES string of the molecule is CCCc1c(OCCCOc2ccc3c(c2)CC(CC(=O)O)C3O)ccc(C(C)=O)c1O.[H-].[Na+]. The normalized spacial score (nSPS) is 16.6. The van der Waals surface area contributed by atoms with E-state index in [0.29, 0.717) is 55.1 Å². The number of rotatable bonds is 11. The molecule has 2 unspecified atom stereocenters. The predicted octanol–water partition coefficient (Wildman–Crippen LogP) is 1.19. The van der Waals surface area contributed by atoms with Crippen LogP contribution in [0.15, 0.2) is 30.3 Å². The molecule has 0 heterocycles. The summed E-state index contributed by atoms with van der Waals surface area (Å²) in [4.78, 5) is 22.6. The number of hydrogen-bond acceptors (Lipinski definition) is 6. The number of carboxylic acids is 1. The van der Waals surface area contributed by atoms with E-state index >= 15 is 0 Å². The van der Waals surface area contributed by atoms with E-state index in [1.807, 2.05) is 13.0 Å². The molecule has 0 amide bonds. The van der Waals surface area contributed by atoms with Gasteiger partial charge in [-0.2, -0.15) is 0 Å². The van der Waals surface area contributed by atoms with E-state index < -0.39 is 12.1 Å². The van der Waals surface area contributed by atoms with Crippen LogP contribution in [0.2, 0.25) is 0 Å². The summed E-state index contributed by atoms with van der Waals surface area (Å²) in [6, 6.07) is 8.74. The third kappa shape index (κ3) is 6.73. The molecule has 1 aliphatic rings. The first-order valence-corrected chi connectivity index (χ1v) is 11.0. The van der Waals surface area contributed by atoms with Gasteiger partial charge < -0.3 is 26.2 Å². The zero-order valence-corrected chi connectivity index (χ0v) is 21.5. The molecular weight excluding hydrogens is 435 g/mol. The summed E-state index contributed by atoms with van der Waals surface area (Å²) in [5.41, 5.74) is 2.64. The maximum absolute atomic E-state index is 11.7. The predicted molar refractivity (Wildman–Crippen MR) is 120 cm³/mol. The molecule has 2 aromatic rings. The summed E-state index contributed by atoms with van der Waals surface area (Å²) in [7, 11) is 0. The van der Waals surface area contributed by atoms with Crippen LogP contribution in [0.1, 0.15) is 67.7 Å². The number of carbonyl (C=O) groups is 2. The van der Waals surface area contributed by atoms with Gasteiger partial charge in [0.2, 0.25) is 0 Å². The van der Waals surface area contributed by atoms with E-state index in [2.05, 4.69) is 0 Å². The van der Waals surface area contributed by atoms with Crippen LogP contribution in [0.5, 0.6) is 17.2 Å². The molecular formula is C25H31NaO7. The minimum Gasteiger partial charge on any atom is -1.00 e. The van der Waals surface area contributed by atoms with Crippen molar-refractivity contribution < 1.29 is 65.4 Å². The molecule has 0 aromatic heterocycles. The number of Topliss-reactive ketones (excluding diaryl/α,β-unsaturated/α-hetero) is 1. The minimum absolute atomic E-state index is 0. The molecule has 0 radical (unpaired) electrons. The maximum Gasteiger partial charge on any atom is 1.00 e. The number of benzene rings is 2. The van der Waals surface area contributed by atoms with Gasteiger partial charge >= 0.3 is 35.5 Å². The summed E-state index contributed by atoms with van der Waals surface area (Å²) in [5, 5.41) is 29.7. The molecule has 3 rings (SSSR count). The summed E-state index contributed by atoms with van der Waals surface area (Å²) in [5.74, 6) is -0.170. The number of ether oxygens (including phenoxy) is 2. The zero-order chi connectivity index (χ0) is 23.3. The molecule has 0 fully saturated rings. The molecule has 174 valence electrons. The van der Waals surface area contributed by atoms with Gasteiger partial charge in [-0.15, -0.1) is 0 Å². The number of aromatic hydroxyl groups is 1. The van der Waals surface area contributed by atoms with Crippen molar-refractivity contribution in [3.63, 3.8) is 0 Å². The van der Waals surface area contributed by atoms with Crippen molar-refractivity contribution in [2.75, 3.05) is 13.2 Å². The fourth-order valence-electron chi connectivity index (χ4n) is 4.15. The number of aliphatic carboxylic acids is 1. The van der Waals surface area contributed by atoms with Crippen molar-refractivity contribution in [2.24, 2.45) is 5.92 Å². The summed E-state index contributed by atoms with van der Waals surface area (Å²) >= 11 is 0. The first kappa shape index (κ1) is 27.2. The Morgan fingerprint density at radius 2 is 1.88 bits per heavy atom. The number of hydrogen-bond donors (Lipinski definition) is 3. The second-order valence-electron chi connectivity index (χ2n) is 8.16. The van der Waals surface area contributed by atoms with Crippen LogP contribution < -0.4 is 39.0 Å². The number of phenols is 1. The first-order chi connectivity index (χ1) is 15.3. The van der Waals surface area contributed by atoms with Crippen molar-refractivity contribution in [3.8, 4) is 17.2 Å². The third-order valence-electron chi connectivity index (χ3n) is 5.73. The van der Waals surface area contributed by atoms with Gasteiger partial charge in [-0.25, -0.2) is 0 Å². The van der Waals surface area contributed by atoms with Gasteiger partial charge in [0.05, 0.1) is 31.3 Å². The Morgan fingerprint density at radius 1 is 1.15 bits per heavy atom. The van der Waals surface area contributed by atoms with E-state index in [4.69, 9.17) is 14.6 Å². The Balaban J connectivity index is 0.00000289. The van der Waals surface area contributed by atoms with Gasteiger partial charge in [0.15, 0.2) is 5.78 Å². The Morgan fingerprint density at radius 3 is 2.55 bits per heavy atom. The van der Waals surface area contributed by atoms with Crippen LogP contribution in [0.25, 0.3) is 0 Å². The quantitative estimate of drug-likeness (QED) is 0.259. The Hall–Kier alpha value is -2.06. The van der Waals surface area contributed by atoms with Crippen LogP contribution >= 0.6 is 0 Å². The molecule has 2 atom stereocenters. The molecule has 0 spiro atoms. The molecule has 8 heteroatoms. The van der Waals surface area contributed by atoms with Crippen LogP contribution in [0, 0.1) is 5.92 Å². The molecule has 0 saturated carbocycles. The second kappa shape index (κ2) is 12.4. The van der Waals surface area contributed by atoms with Gasteiger partial charge in [-0.1, -0.05) is 19.4 Å². The van der Waals surface area contributed by atoms with Crippen LogP contribution in [-0.2, 0) is 17.6 Å². The average molecular weight is 467 g/mol. The number of phenolic OH excluding ortho intramolecular Hbond substituents is 1. The van der Waals surface area contributed by atoms with Crippen molar-refractivity contribution >= 4 is 11.8 Å². The summed E-state index contributed by atoms with van der Waals surface area (Å²) in [6.45, 7) is 4.23. The van der Waals surface area contributed by atoms with Gasteiger partial charge in [-0.05, 0) is 55.2 Å². The van der Waals surface area contributed by atoms with Gasteiger partial charge in [-0.3, -0.25) is 9.59 Å². The number of aliphatic hydroxyl groups excluding tert-OH is 1. The monoisotopic (exact) mass is 466 g/mol. The van der Waals surface area contributed by atoms with E-state index in [9.17, 15) is 19.8 Å². The molecule has 7 nitrogen and oxygen atoms in total. The Bertz CT molecular complexity index is 995. The van der Waals surface area contributed by atoms with Crippen LogP contribution in [0.4, 0.5) is 0 Å². The number of carbonyl (C=O) groups excluding carboxylic acids is 1. The molecule has 0 bridgehead atoms. The molecule has 3 N–H and O–H groups in total. The van der Waals surface area contributed by atoms with Gasteiger partial charge in [0.1, 0.15) is 17.2 Å². The van der Waals surface area contributed by atoms with Crippen molar-refractivity contribution in [2.45, 2.75) is 52.1 Å². The van der Waals surface area contributed by atoms with Crippen molar-refractivity contribution in [3.05, 3.63) is 52.6 Å². The fraction of sp³-hybridized carbons (Fsp3) is 0.440. The van der Waals surface area contributed by atoms with E-state index in [0.717, 1.165) is 17.5 Å². The summed E-state index contributed by atoms with van der Waals surface area (Å²) in [6.07, 6.45) is 1.74.